The van der Waals surface area contributed by atoms with Crippen LogP contribution in [0.1, 0.15) is 11.1 Å². The largest absolute Gasteiger partial charge is 0.465 e. The smallest absolute Gasteiger partial charge is 0.407 e. The second-order valence-electron chi connectivity index (χ2n) is 9.52. The van der Waals surface area contributed by atoms with E-state index in [0.29, 0.717) is 18.5 Å². The number of benzene rings is 2. The Bertz CT molecular complexity index is 1290. The minimum atomic E-state index is -1.54. The second kappa shape index (κ2) is 9.26. The summed E-state index contributed by atoms with van der Waals surface area (Å²) in [7, 11) is -1.54. The maximum absolute atomic E-state index is 12.8. The number of carboxylic acid groups (broad SMARTS) is 1. The Kier molecular flexibility index (Phi) is 6.41. The van der Waals surface area contributed by atoms with Gasteiger partial charge in [0.2, 0.25) is 0 Å². The number of nitrogens with one attached hydrogen (secondary N) is 1. The summed E-state index contributed by atoms with van der Waals surface area (Å²) in [5.41, 5.74) is 7.06. The number of H-pyrrole nitrogens is 1. The van der Waals surface area contributed by atoms with E-state index in [-0.39, 0.29) is 5.56 Å². The fourth-order valence-corrected chi connectivity index (χ4v) is 4.46. The van der Waals surface area contributed by atoms with Gasteiger partial charge in [-0.25, -0.2) is 4.79 Å². The fraction of sp³-hybridized carbons (Fsp3) is 0.308. The molecule has 6 nitrogen and oxygen atoms in total. The van der Waals surface area contributed by atoms with E-state index in [1.807, 2.05) is 36.4 Å². The zero-order valence-electron chi connectivity index (χ0n) is 19.3. The molecule has 1 aliphatic rings. The van der Waals surface area contributed by atoms with Crippen LogP contribution in [0, 0.1) is 11.5 Å². The van der Waals surface area contributed by atoms with Crippen LogP contribution in [0.25, 0.3) is 22.0 Å². The van der Waals surface area contributed by atoms with Gasteiger partial charge in [0.1, 0.15) is 8.07 Å². The first-order valence-corrected chi connectivity index (χ1v) is 14.7. The predicted molar refractivity (Wildman–Crippen MR) is 135 cm³/mol. The van der Waals surface area contributed by atoms with E-state index in [1.165, 1.54) is 4.90 Å². The molecule has 2 aromatic carbocycles. The van der Waals surface area contributed by atoms with Crippen LogP contribution < -0.4 is 5.56 Å². The molecule has 4 rings (SSSR count). The van der Waals surface area contributed by atoms with Gasteiger partial charge in [-0.15, -0.1) is 5.54 Å². The van der Waals surface area contributed by atoms with Gasteiger partial charge in [0, 0.05) is 54.8 Å². The van der Waals surface area contributed by atoms with E-state index in [9.17, 15) is 9.59 Å². The van der Waals surface area contributed by atoms with Crippen LogP contribution in [0.5, 0.6) is 0 Å². The molecule has 170 valence electrons. The number of carbonyl (C=O) groups is 1. The molecule has 0 aliphatic carbocycles. The van der Waals surface area contributed by atoms with Gasteiger partial charge in [-0.3, -0.25) is 9.69 Å². The highest BCUT2D eigenvalue weighted by Crippen LogP contribution is 2.23. The molecular weight excluding hydrogens is 430 g/mol. The Morgan fingerprint density at radius 1 is 1.03 bits per heavy atom. The van der Waals surface area contributed by atoms with E-state index < -0.39 is 14.2 Å². The van der Waals surface area contributed by atoms with Crippen molar-refractivity contribution in [3.63, 3.8) is 0 Å². The van der Waals surface area contributed by atoms with Crippen molar-refractivity contribution in [1.82, 2.24) is 14.8 Å². The highest BCUT2D eigenvalue weighted by molar-refractivity contribution is 6.83. The van der Waals surface area contributed by atoms with Crippen LogP contribution in [0.3, 0.4) is 0 Å². The average molecular weight is 460 g/mol. The summed E-state index contributed by atoms with van der Waals surface area (Å²) in [4.78, 5) is 30.6. The Labute approximate surface area is 194 Å². The summed E-state index contributed by atoms with van der Waals surface area (Å²) >= 11 is 0. The molecule has 1 fully saturated rings. The number of aromatic amines is 1. The predicted octanol–water partition coefficient (Wildman–Crippen LogP) is 4.22. The van der Waals surface area contributed by atoms with E-state index in [4.69, 9.17) is 5.11 Å². The summed E-state index contributed by atoms with van der Waals surface area (Å²) < 4.78 is 0. The number of rotatable bonds is 3. The third-order valence-corrected chi connectivity index (χ3v) is 6.65. The molecule has 0 atom stereocenters. The monoisotopic (exact) mass is 459 g/mol. The van der Waals surface area contributed by atoms with E-state index in [2.05, 4.69) is 53.1 Å². The zero-order valence-corrected chi connectivity index (χ0v) is 20.3. The van der Waals surface area contributed by atoms with E-state index >= 15 is 0 Å². The molecule has 1 saturated heterocycles. The molecule has 0 spiro atoms. The van der Waals surface area contributed by atoms with Gasteiger partial charge < -0.3 is 15.0 Å². The fourth-order valence-electron chi connectivity index (χ4n) is 3.95. The van der Waals surface area contributed by atoms with Crippen LogP contribution in [0.15, 0.2) is 53.3 Å². The molecule has 2 N–H and O–H groups in total. The number of hydrogen-bond donors (Lipinski definition) is 2. The van der Waals surface area contributed by atoms with Gasteiger partial charge in [-0.05, 0) is 29.3 Å². The Morgan fingerprint density at radius 2 is 1.73 bits per heavy atom. The van der Waals surface area contributed by atoms with Crippen LogP contribution in [0.2, 0.25) is 19.6 Å². The maximum atomic E-state index is 12.8. The minimum Gasteiger partial charge on any atom is -0.465 e. The van der Waals surface area contributed by atoms with Gasteiger partial charge in [0.15, 0.2) is 0 Å². The minimum absolute atomic E-state index is 0.112. The first-order chi connectivity index (χ1) is 15.7. The van der Waals surface area contributed by atoms with Gasteiger partial charge >= 0.3 is 6.09 Å². The number of aromatic nitrogens is 1. The molecule has 1 aromatic heterocycles. The zero-order chi connectivity index (χ0) is 23.6. The molecule has 7 heteroatoms. The van der Waals surface area contributed by atoms with Gasteiger partial charge in [-0.1, -0.05) is 55.9 Å². The van der Waals surface area contributed by atoms with Crippen molar-refractivity contribution in [3.05, 3.63) is 70.0 Å². The lowest BCUT2D eigenvalue weighted by molar-refractivity contribution is 0.103. The van der Waals surface area contributed by atoms with Crippen LogP contribution >= 0.6 is 0 Å². The lowest BCUT2D eigenvalue weighted by Crippen LogP contribution is -2.47. The molecule has 3 aromatic rings. The molecule has 0 saturated carbocycles. The molecule has 1 amide bonds. The van der Waals surface area contributed by atoms with Crippen LogP contribution in [-0.4, -0.2) is 60.2 Å². The second-order valence-corrected chi connectivity index (χ2v) is 14.3. The topological polar surface area (TPSA) is 76.6 Å². The lowest BCUT2D eigenvalue weighted by Gasteiger charge is -2.33. The third kappa shape index (κ3) is 5.53. The van der Waals surface area contributed by atoms with Crippen molar-refractivity contribution in [2.45, 2.75) is 26.2 Å². The molecule has 2 heterocycles. The van der Waals surface area contributed by atoms with E-state index in [0.717, 1.165) is 47.4 Å². The maximum Gasteiger partial charge on any atom is 0.407 e. The summed E-state index contributed by atoms with van der Waals surface area (Å²) in [6.45, 7) is 9.92. The van der Waals surface area contributed by atoms with Gasteiger partial charge in [0.05, 0.1) is 0 Å². The Balaban J connectivity index is 1.57. The summed E-state index contributed by atoms with van der Waals surface area (Å²) in [5.74, 6) is 3.31. The quantitative estimate of drug-likeness (QED) is 0.454. The highest BCUT2D eigenvalue weighted by atomic mass is 28.3. The molecule has 0 bridgehead atoms. The Hall–Kier alpha value is -3.34. The highest BCUT2D eigenvalue weighted by Gasteiger charge is 2.20. The van der Waals surface area contributed by atoms with Crippen molar-refractivity contribution in [2.75, 3.05) is 26.2 Å². The SMILES string of the molecule is C[Si](C)(C)C#Cc1cccc2c(=O)[nH]c(-c3ccc(CN4CCN(C(=O)O)CC4)cc3)cc12. The standard InChI is InChI=1S/C26H29N3O3Si/c1-33(2,3)16-11-20-5-4-6-22-23(20)17-24(27-25(22)30)21-9-7-19(8-10-21)18-28-12-14-29(15-13-28)26(31)32/h4-10,17H,12-15,18H2,1-3H3,(H,27,30)(H,31,32). The molecule has 33 heavy (non-hydrogen) atoms. The first kappa shape index (κ1) is 22.8. The molecule has 0 unspecified atom stereocenters. The number of hydrogen-bond acceptors (Lipinski definition) is 3. The number of pyridine rings is 1. The van der Waals surface area contributed by atoms with Crippen molar-refractivity contribution in [3.8, 4) is 22.7 Å². The first-order valence-electron chi connectivity index (χ1n) is 11.2. The van der Waals surface area contributed by atoms with Crippen LogP contribution in [0.4, 0.5) is 4.79 Å². The number of nitrogens with zero attached hydrogens (tertiary/aromatic N) is 2. The molecular formula is C26H29N3O3Si. The molecule has 1 aliphatic heterocycles. The van der Waals surface area contributed by atoms with Crippen LogP contribution in [-0.2, 0) is 6.54 Å². The van der Waals surface area contributed by atoms with Gasteiger partial charge in [0.25, 0.3) is 5.56 Å². The summed E-state index contributed by atoms with van der Waals surface area (Å²) in [6.07, 6.45) is -0.849. The molecule has 0 radical (unpaired) electrons. The normalized spacial score (nSPS) is 14.7. The van der Waals surface area contributed by atoms with Crippen molar-refractivity contribution in [1.29, 1.82) is 0 Å². The number of piperazine rings is 1. The van der Waals surface area contributed by atoms with Gasteiger partial charge in [-0.2, -0.15) is 0 Å². The van der Waals surface area contributed by atoms with E-state index in [1.54, 1.807) is 0 Å². The summed E-state index contributed by atoms with van der Waals surface area (Å²) in [5, 5.41) is 10.6. The third-order valence-electron chi connectivity index (χ3n) is 5.77. The number of amides is 1. The van der Waals surface area contributed by atoms with Crippen molar-refractivity contribution in [2.24, 2.45) is 0 Å². The summed E-state index contributed by atoms with van der Waals surface area (Å²) in [6, 6.07) is 15.9. The van der Waals surface area contributed by atoms with Crippen molar-refractivity contribution >= 4 is 24.9 Å². The number of fused-ring (bicyclic) bond motifs is 1. The van der Waals surface area contributed by atoms with Crippen molar-refractivity contribution < 1.29 is 9.90 Å². The average Bonchev–Trinajstić information content (AvgIpc) is 2.78. The lowest BCUT2D eigenvalue weighted by atomic mass is 10.0. The Morgan fingerprint density at radius 3 is 2.36 bits per heavy atom.